The number of rotatable bonds is 4. The van der Waals surface area contributed by atoms with E-state index in [1.807, 2.05) is 19.9 Å². The molecule has 108 valence electrons. The normalized spacial score (nSPS) is 18.9. The highest BCUT2D eigenvalue weighted by Gasteiger charge is 2.56. The number of aryl methyl sites for hydroxylation is 1. The van der Waals surface area contributed by atoms with Gasteiger partial charge in [-0.05, 0) is 32.8 Å². The molecule has 0 spiro atoms. The number of anilines is 1. The summed E-state index contributed by atoms with van der Waals surface area (Å²) >= 11 is 0. The smallest absolute Gasteiger partial charge is 0.155 e. The molecule has 1 aliphatic carbocycles. The number of nitrogens with zero attached hydrogens (tertiary/aromatic N) is 3. The van der Waals surface area contributed by atoms with Crippen molar-refractivity contribution in [3.63, 3.8) is 0 Å². The summed E-state index contributed by atoms with van der Waals surface area (Å²) in [4.78, 5) is 4.32. The van der Waals surface area contributed by atoms with Crippen LogP contribution in [0.2, 0.25) is 0 Å². The minimum atomic E-state index is -3.07. The Morgan fingerprint density at radius 3 is 2.75 bits per heavy atom. The molecule has 7 heteroatoms. The first-order valence-corrected chi connectivity index (χ1v) is 8.50. The Labute approximate surface area is 118 Å². The predicted octanol–water partition coefficient (Wildman–Crippen LogP) is 1.42. The van der Waals surface area contributed by atoms with Crippen molar-refractivity contribution >= 4 is 21.2 Å². The van der Waals surface area contributed by atoms with Crippen molar-refractivity contribution in [1.29, 1.82) is 0 Å². The Kier molecular flexibility index (Phi) is 2.79. The van der Waals surface area contributed by atoms with Gasteiger partial charge in [-0.1, -0.05) is 0 Å². The molecular formula is C13H18N4O2S. The fourth-order valence-corrected chi connectivity index (χ4v) is 4.29. The third-order valence-electron chi connectivity index (χ3n) is 4.14. The highest BCUT2D eigenvalue weighted by atomic mass is 32.2. The highest BCUT2D eigenvalue weighted by Crippen LogP contribution is 2.46. The van der Waals surface area contributed by atoms with Crippen molar-refractivity contribution in [2.24, 2.45) is 0 Å². The van der Waals surface area contributed by atoms with E-state index < -0.39 is 14.6 Å². The Morgan fingerprint density at radius 1 is 1.45 bits per heavy atom. The summed E-state index contributed by atoms with van der Waals surface area (Å²) in [7, 11) is -3.07. The van der Waals surface area contributed by atoms with Gasteiger partial charge in [0.1, 0.15) is 5.52 Å². The van der Waals surface area contributed by atoms with Crippen molar-refractivity contribution < 1.29 is 8.42 Å². The van der Waals surface area contributed by atoms with E-state index >= 15 is 0 Å². The Balaban J connectivity index is 1.94. The van der Waals surface area contributed by atoms with Gasteiger partial charge in [-0.25, -0.2) is 17.9 Å². The molecule has 0 amide bonds. The molecule has 6 nitrogen and oxygen atoms in total. The van der Waals surface area contributed by atoms with Gasteiger partial charge < -0.3 is 5.32 Å². The number of fused-ring (bicyclic) bond motifs is 1. The number of nitrogens with one attached hydrogen (secondary N) is 1. The second kappa shape index (κ2) is 4.18. The second-order valence-electron chi connectivity index (χ2n) is 5.59. The molecule has 0 bridgehead atoms. The fraction of sp³-hybridized carbons (Fsp3) is 0.538. The quantitative estimate of drug-likeness (QED) is 0.922. The second-order valence-corrected chi connectivity index (χ2v) is 7.95. The van der Waals surface area contributed by atoms with E-state index in [1.54, 1.807) is 16.9 Å². The van der Waals surface area contributed by atoms with Gasteiger partial charge in [0.05, 0.1) is 10.4 Å². The molecule has 2 heterocycles. The molecule has 1 atom stereocenters. The van der Waals surface area contributed by atoms with Crippen LogP contribution in [0.4, 0.5) is 5.82 Å². The highest BCUT2D eigenvalue weighted by molar-refractivity contribution is 7.92. The lowest BCUT2D eigenvalue weighted by molar-refractivity contribution is 0.568. The van der Waals surface area contributed by atoms with Crippen LogP contribution in [0.15, 0.2) is 18.5 Å². The lowest BCUT2D eigenvalue weighted by Crippen LogP contribution is -2.39. The van der Waals surface area contributed by atoms with Crippen molar-refractivity contribution in [1.82, 2.24) is 14.6 Å². The van der Waals surface area contributed by atoms with Gasteiger partial charge in [0.2, 0.25) is 0 Å². The summed E-state index contributed by atoms with van der Waals surface area (Å²) in [6.07, 6.45) is 6.17. The monoisotopic (exact) mass is 294 g/mol. The van der Waals surface area contributed by atoms with Crippen LogP contribution in [-0.4, -0.2) is 40.1 Å². The number of sulfone groups is 1. The maximum atomic E-state index is 11.9. The molecule has 0 radical (unpaired) electrons. The Bertz CT molecular complexity index is 762. The molecule has 1 N–H and O–H groups in total. The zero-order chi connectivity index (χ0) is 14.5. The van der Waals surface area contributed by atoms with Crippen molar-refractivity contribution in [2.75, 3.05) is 11.6 Å². The third kappa shape index (κ3) is 1.96. The number of aromatic nitrogens is 3. The molecule has 0 saturated heterocycles. The zero-order valence-electron chi connectivity index (χ0n) is 11.8. The Morgan fingerprint density at radius 2 is 2.15 bits per heavy atom. The average Bonchev–Trinajstić information content (AvgIpc) is 3.07. The van der Waals surface area contributed by atoms with Crippen LogP contribution >= 0.6 is 0 Å². The van der Waals surface area contributed by atoms with Gasteiger partial charge in [0.25, 0.3) is 0 Å². The van der Waals surface area contributed by atoms with E-state index in [9.17, 15) is 8.42 Å². The molecule has 1 aliphatic rings. The zero-order valence-corrected chi connectivity index (χ0v) is 12.6. The molecule has 20 heavy (non-hydrogen) atoms. The molecule has 1 saturated carbocycles. The van der Waals surface area contributed by atoms with Crippen LogP contribution in [0, 0.1) is 6.92 Å². The maximum Gasteiger partial charge on any atom is 0.155 e. The van der Waals surface area contributed by atoms with Crippen LogP contribution in [0.3, 0.4) is 0 Å². The number of hydrogen-bond acceptors (Lipinski definition) is 5. The summed E-state index contributed by atoms with van der Waals surface area (Å²) in [5, 5.41) is 7.58. The minimum Gasteiger partial charge on any atom is -0.364 e. The Hall–Kier alpha value is -1.63. The van der Waals surface area contributed by atoms with Gasteiger partial charge in [-0.15, -0.1) is 0 Å². The molecule has 0 aliphatic heterocycles. The summed E-state index contributed by atoms with van der Waals surface area (Å²) in [6, 6.07) is 1.76. The first-order chi connectivity index (χ1) is 9.33. The van der Waals surface area contributed by atoms with Crippen LogP contribution in [-0.2, 0) is 9.84 Å². The summed E-state index contributed by atoms with van der Waals surface area (Å²) in [5.74, 6) is 0.676. The first-order valence-electron chi connectivity index (χ1n) is 6.61. The lowest BCUT2D eigenvalue weighted by Gasteiger charge is -2.23. The topological polar surface area (TPSA) is 76.4 Å². The number of hydrogen-bond donors (Lipinski definition) is 1. The molecule has 3 rings (SSSR count). The van der Waals surface area contributed by atoms with Gasteiger partial charge in [-0.2, -0.15) is 5.10 Å². The minimum absolute atomic E-state index is 0.175. The van der Waals surface area contributed by atoms with Crippen LogP contribution < -0.4 is 5.32 Å². The SMILES string of the molecule is Cc1cc2c(NC(C)C3(S(C)(=O)=O)CC3)nccn2n1. The van der Waals surface area contributed by atoms with Gasteiger partial charge in [0.15, 0.2) is 15.7 Å². The van der Waals surface area contributed by atoms with Crippen molar-refractivity contribution in [2.45, 2.75) is 37.5 Å². The molecule has 2 aromatic rings. The lowest BCUT2D eigenvalue weighted by atomic mass is 10.2. The largest absolute Gasteiger partial charge is 0.364 e. The van der Waals surface area contributed by atoms with Gasteiger partial charge in [0, 0.05) is 24.7 Å². The summed E-state index contributed by atoms with van der Waals surface area (Å²) in [5.41, 5.74) is 1.76. The molecule has 1 unspecified atom stereocenters. The molecular weight excluding hydrogens is 276 g/mol. The third-order valence-corrected chi connectivity index (χ3v) is 6.37. The standard InChI is InChI=1S/C13H18N4O2S/c1-9-8-11-12(14-6-7-17(11)16-9)15-10(2)13(4-5-13)20(3,18)19/h6-8,10H,4-5H2,1-3H3,(H,14,15). The summed E-state index contributed by atoms with van der Waals surface area (Å²) < 4.78 is 25.0. The van der Waals surface area contributed by atoms with E-state index in [0.29, 0.717) is 18.7 Å². The molecule has 1 fully saturated rings. The molecule has 2 aromatic heterocycles. The first kappa shape index (κ1) is 13.4. The molecule has 0 aromatic carbocycles. The van der Waals surface area contributed by atoms with Gasteiger partial charge >= 0.3 is 0 Å². The van der Waals surface area contributed by atoms with Gasteiger partial charge in [-0.3, -0.25) is 0 Å². The van der Waals surface area contributed by atoms with E-state index in [4.69, 9.17) is 0 Å². The van der Waals surface area contributed by atoms with Crippen molar-refractivity contribution in [3.8, 4) is 0 Å². The average molecular weight is 294 g/mol. The van der Waals surface area contributed by atoms with E-state index in [1.165, 1.54) is 6.26 Å². The predicted molar refractivity (Wildman–Crippen MR) is 77.6 cm³/mol. The van der Waals surface area contributed by atoms with Crippen LogP contribution in [0.1, 0.15) is 25.5 Å². The van der Waals surface area contributed by atoms with E-state index in [0.717, 1.165) is 11.2 Å². The van der Waals surface area contributed by atoms with Crippen LogP contribution in [0.25, 0.3) is 5.52 Å². The van der Waals surface area contributed by atoms with E-state index in [2.05, 4.69) is 15.4 Å². The maximum absolute atomic E-state index is 11.9. The summed E-state index contributed by atoms with van der Waals surface area (Å²) in [6.45, 7) is 3.82. The van der Waals surface area contributed by atoms with Crippen molar-refractivity contribution in [3.05, 3.63) is 24.2 Å². The fourth-order valence-electron chi connectivity index (χ4n) is 2.74. The van der Waals surface area contributed by atoms with E-state index in [-0.39, 0.29) is 6.04 Å². The van der Waals surface area contributed by atoms with Crippen LogP contribution in [0.5, 0.6) is 0 Å².